The summed E-state index contributed by atoms with van der Waals surface area (Å²) in [7, 11) is 0. The fraction of sp³-hybridized carbons (Fsp3) is 0.200. The molecule has 4 aromatic rings. The van der Waals surface area contributed by atoms with E-state index in [-0.39, 0.29) is 11.3 Å². The third-order valence-electron chi connectivity index (χ3n) is 4.86. The van der Waals surface area contributed by atoms with Gasteiger partial charge in [-0.1, -0.05) is 45.0 Å². The minimum atomic E-state index is -0.0914. The maximum Gasteiger partial charge on any atom is 0.251 e. The summed E-state index contributed by atoms with van der Waals surface area (Å²) in [5.74, 6) is 0.311. The lowest BCUT2D eigenvalue weighted by Gasteiger charge is -2.18. The molecule has 0 fully saturated rings. The van der Waals surface area contributed by atoms with Crippen molar-refractivity contribution in [2.45, 2.75) is 20.8 Å². The summed E-state index contributed by atoms with van der Waals surface area (Å²) in [6, 6.07) is 20.7. The van der Waals surface area contributed by atoms with Crippen LogP contribution in [-0.2, 0) is 0 Å². The Morgan fingerprint density at radius 3 is 2.66 bits per heavy atom. The molecule has 2 N–H and O–H groups in total. The average Bonchev–Trinajstić information content (AvgIpc) is 3.19. The predicted molar refractivity (Wildman–Crippen MR) is 125 cm³/mol. The third-order valence-corrected chi connectivity index (χ3v) is 4.86. The largest absolute Gasteiger partial charge is 0.352 e. The molecule has 0 saturated carbocycles. The van der Waals surface area contributed by atoms with Crippen LogP contribution in [0.25, 0.3) is 16.8 Å². The number of carbonyl (C=O) groups excluding carboxylic acids is 1. The molecule has 0 radical (unpaired) electrons. The van der Waals surface area contributed by atoms with E-state index in [4.69, 9.17) is 0 Å². The van der Waals surface area contributed by atoms with Gasteiger partial charge in [-0.15, -0.1) is 5.10 Å². The van der Waals surface area contributed by atoms with Crippen LogP contribution in [0.3, 0.4) is 0 Å². The zero-order valence-corrected chi connectivity index (χ0v) is 18.3. The van der Waals surface area contributed by atoms with Gasteiger partial charge in [-0.2, -0.15) is 10.2 Å². The van der Waals surface area contributed by atoms with Gasteiger partial charge >= 0.3 is 0 Å². The normalized spacial score (nSPS) is 11.2. The van der Waals surface area contributed by atoms with E-state index in [0.717, 1.165) is 11.1 Å². The fourth-order valence-electron chi connectivity index (χ4n) is 3.20. The molecule has 1 amide bonds. The summed E-state index contributed by atoms with van der Waals surface area (Å²) in [6.07, 6.45) is 1.87. The lowest BCUT2D eigenvalue weighted by molar-refractivity contribution is 0.0939. The molecule has 2 aromatic heterocycles. The van der Waals surface area contributed by atoms with Crippen LogP contribution in [0.5, 0.6) is 0 Å². The molecule has 0 aliphatic carbocycles. The molecule has 0 bridgehead atoms. The number of nitrogens with one attached hydrogen (secondary N) is 2. The van der Waals surface area contributed by atoms with E-state index >= 15 is 0 Å². The molecule has 7 heteroatoms. The van der Waals surface area contributed by atoms with Crippen LogP contribution in [0.4, 0.5) is 11.6 Å². The molecular weight excluding hydrogens is 400 g/mol. The zero-order chi connectivity index (χ0) is 22.7. The minimum Gasteiger partial charge on any atom is -0.352 e. The predicted octanol–water partition coefficient (Wildman–Crippen LogP) is 4.79. The summed E-state index contributed by atoms with van der Waals surface area (Å²) >= 11 is 0. The van der Waals surface area contributed by atoms with E-state index in [2.05, 4.69) is 47.6 Å². The zero-order valence-electron chi connectivity index (χ0n) is 18.3. The Labute approximate surface area is 186 Å². The molecule has 0 unspecified atom stereocenters. The van der Waals surface area contributed by atoms with Gasteiger partial charge in [0.05, 0.1) is 11.3 Å². The first-order chi connectivity index (χ1) is 15.3. The Hall–Kier alpha value is -4.18. The maximum absolute atomic E-state index is 12.5. The lowest BCUT2D eigenvalue weighted by atomic mass is 9.96. The summed E-state index contributed by atoms with van der Waals surface area (Å²) < 4.78 is 1.68. The molecule has 4 rings (SSSR count). The molecule has 2 aromatic carbocycles. The number of nitrogens with zero attached hydrogens (tertiary/aromatic N) is 4. The van der Waals surface area contributed by atoms with Crippen LogP contribution in [0.1, 0.15) is 36.7 Å². The van der Waals surface area contributed by atoms with Gasteiger partial charge in [0, 0.05) is 23.9 Å². The lowest BCUT2D eigenvalue weighted by Crippen LogP contribution is -2.32. The number of nitriles is 1. The Balaban J connectivity index is 1.58. The van der Waals surface area contributed by atoms with E-state index < -0.39 is 0 Å². The number of fused-ring (bicyclic) bond motifs is 1. The van der Waals surface area contributed by atoms with E-state index in [1.165, 1.54) is 0 Å². The van der Waals surface area contributed by atoms with Crippen LogP contribution in [0.15, 0.2) is 66.9 Å². The second-order valence-corrected chi connectivity index (χ2v) is 8.76. The number of hydrogen-bond donors (Lipinski definition) is 2. The summed E-state index contributed by atoms with van der Waals surface area (Å²) in [4.78, 5) is 17.0. The highest BCUT2D eigenvalue weighted by Crippen LogP contribution is 2.23. The van der Waals surface area contributed by atoms with Crippen LogP contribution in [0, 0.1) is 16.7 Å². The number of anilines is 2. The second-order valence-electron chi connectivity index (χ2n) is 8.76. The van der Waals surface area contributed by atoms with Gasteiger partial charge in [-0.3, -0.25) is 4.79 Å². The Morgan fingerprint density at radius 1 is 1.06 bits per heavy atom. The van der Waals surface area contributed by atoms with Crippen LogP contribution < -0.4 is 10.6 Å². The van der Waals surface area contributed by atoms with E-state index in [1.807, 2.05) is 60.8 Å². The molecule has 32 heavy (non-hydrogen) atoms. The number of aromatic nitrogens is 3. The molecule has 2 heterocycles. The highest BCUT2D eigenvalue weighted by atomic mass is 16.1. The van der Waals surface area contributed by atoms with Crippen molar-refractivity contribution in [3.63, 3.8) is 0 Å². The van der Waals surface area contributed by atoms with Crippen LogP contribution in [-0.4, -0.2) is 27.0 Å². The number of carbonyl (C=O) groups is 1. The van der Waals surface area contributed by atoms with Gasteiger partial charge in [0.25, 0.3) is 5.91 Å². The quantitative estimate of drug-likeness (QED) is 0.480. The molecule has 7 nitrogen and oxygen atoms in total. The molecule has 0 atom stereocenters. The molecular formula is C25H24N6O. The molecule has 160 valence electrons. The van der Waals surface area contributed by atoms with Gasteiger partial charge in [-0.05, 0) is 47.4 Å². The summed E-state index contributed by atoms with van der Waals surface area (Å²) in [5, 5.41) is 19.8. The molecule has 0 saturated heterocycles. The van der Waals surface area contributed by atoms with E-state index in [0.29, 0.717) is 35.0 Å². The van der Waals surface area contributed by atoms with Gasteiger partial charge in [-0.25, -0.2) is 4.52 Å². The number of amides is 1. The number of pyridine rings is 1. The summed E-state index contributed by atoms with van der Waals surface area (Å²) in [5.41, 5.74) is 4.30. The summed E-state index contributed by atoms with van der Waals surface area (Å²) in [6.45, 7) is 6.85. The Bertz CT molecular complexity index is 1330. The maximum atomic E-state index is 12.5. The standard InChI is InChI=1S/C25H24N6O/c1-25(2,3)16-27-23(32)18-9-6-8-17(13-18)20-11-12-22-29-24(30-31(22)15-20)28-21-10-5-4-7-19(21)14-26/h4-13,15H,16H2,1-3H3,(H,27,32)(H,28,30). The number of benzene rings is 2. The highest BCUT2D eigenvalue weighted by molar-refractivity contribution is 5.95. The van der Waals surface area contributed by atoms with Crippen molar-refractivity contribution in [2.24, 2.45) is 5.41 Å². The van der Waals surface area contributed by atoms with Crippen molar-refractivity contribution < 1.29 is 4.79 Å². The number of para-hydroxylation sites is 1. The van der Waals surface area contributed by atoms with Crippen molar-refractivity contribution in [1.82, 2.24) is 19.9 Å². The first-order valence-electron chi connectivity index (χ1n) is 10.3. The topological polar surface area (TPSA) is 95.1 Å². The Morgan fingerprint density at radius 2 is 1.88 bits per heavy atom. The fourth-order valence-corrected chi connectivity index (χ4v) is 3.20. The third kappa shape index (κ3) is 4.76. The smallest absolute Gasteiger partial charge is 0.251 e. The van der Waals surface area contributed by atoms with Crippen molar-refractivity contribution in [3.8, 4) is 17.2 Å². The van der Waals surface area contributed by atoms with Gasteiger partial charge in [0.1, 0.15) is 6.07 Å². The van der Waals surface area contributed by atoms with Crippen molar-refractivity contribution in [2.75, 3.05) is 11.9 Å². The van der Waals surface area contributed by atoms with Crippen LogP contribution in [0.2, 0.25) is 0 Å². The SMILES string of the molecule is CC(C)(C)CNC(=O)c1cccc(-c2ccc3nc(Nc4ccccc4C#N)nn3c2)c1. The Kier molecular flexibility index (Phi) is 5.61. The van der Waals surface area contributed by atoms with Gasteiger partial charge in [0.2, 0.25) is 5.95 Å². The van der Waals surface area contributed by atoms with Crippen molar-refractivity contribution in [1.29, 1.82) is 5.26 Å². The first-order valence-corrected chi connectivity index (χ1v) is 10.3. The molecule has 0 spiro atoms. The average molecular weight is 425 g/mol. The number of rotatable bonds is 5. The van der Waals surface area contributed by atoms with E-state index in [1.54, 1.807) is 10.6 Å². The highest BCUT2D eigenvalue weighted by Gasteiger charge is 2.14. The van der Waals surface area contributed by atoms with Crippen molar-refractivity contribution in [3.05, 3.63) is 78.0 Å². The minimum absolute atomic E-state index is 0.0187. The van der Waals surface area contributed by atoms with E-state index in [9.17, 15) is 10.1 Å². The van der Waals surface area contributed by atoms with Gasteiger partial charge < -0.3 is 10.6 Å². The van der Waals surface area contributed by atoms with Crippen molar-refractivity contribution >= 4 is 23.2 Å². The van der Waals surface area contributed by atoms with Gasteiger partial charge in [0.15, 0.2) is 5.65 Å². The number of hydrogen-bond acceptors (Lipinski definition) is 5. The molecule has 0 aliphatic rings. The molecule has 0 aliphatic heterocycles. The second kappa shape index (κ2) is 8.52. The van der Waals surface area contributed by atoms with Crippen LogP contribution >= 0.6 is 0 Å². The first kappa shape index (κ1) is 21.1. The monoisotopic (exact) mass is 424 g/mol.